The maximum absolute atomic E-state index is 12.7. The molecule has 2 aliphatic rings. The maximum atomic E-state index is 12.7. The molecule has 2 aliphatic heterocycles. The first-order valence-corrected chi connectivity index (χ1v) is 11.6. The molecule has 2 aromatic rings. The van der Waals surface area contributed by atoms with E-state index in [0.29, 0.717) is 10.8 Å². The van der Waals surface area contributed by atoms with Gasteiger partial charge in [-0.05, 0) is 64.1 Å². The Morgan fingerprint density at radius 3 is 2.48 bits per heavy atom. The Balaban J connectivity index is 1.85. The van der Waals surface area contributed by atoms with Crippen LogP contribution in [-0.4, -0.2) is 32.0 Å². The number of nitrogens with zero attached hydrogens (tertiary/aromatic N) is 4. The summed E-state index contributed by atoms with van der Waals surface area (Å²) >= 11 is 7.95. The molecule has 0 fully saturated rings. The van der Waals surface area contributed by atoms with Crippen molar-refractivity contribution in [2.75, 3.05) is 0 Å². The number of carbonyl (C=O) groups excluding carboxylic acids is 1. The lowest BCUT2D eigenvalue weighted by Crippen LogP contribution is -2.25. The molecule has 6 nitrogen and oxygen atoms in total. The van der Waals surface area contributed by atoms with Gasteiger partial charge in [-0.25, -0.2) is 0 Å². The summed E-state index contributed by atoms with van der Waals surface area (Å²) in [5.41, 5.74) is 2.67. The van der Waals surface area contributed by atoms with Crippen molar-refractivity contribution in [1.29, 1.82) is 0 Å². The van der Waals surface area contributed by atoms with Crippen LogP contribution < -0.4 is 0 Å². The summed E-state index contributed by atoms with van der Waals surface area (Å²) in [5, 5.41) is 9.52. The lowest BCUT2D eigenvalue weighted by Gasteiger charge is -2.23. The number of carbonyl (C=O) groups is 1. The highest BCUT2D eigenvalue weighted by Gasteiger charge is 2.43. The lowest BCUT2D eigenvalue weighted by atomic mass is 9.90. The van der Waals surface area contributed by atoms with Crippen LogP contribution >= 0.6 is 23.4 Å². The van der Waals surface area contributed by atoms with Crippen LogP contribution in [0.25, 0.3) is 0 Å². The molecule has 0 saturated carbocycles. The van der Waals surface area contributed by atoms with Crippen molar-refractivity contribution in [2.24, 2.45) is 10.9 Å². The van der Waals surface area contributed by atoms with Crippen molar-refractivity contribution < 1.29 is 9.53 Å². The number of aryl methyl sites for hydroxylation is 1. The first kappa shape index (κ1) is 22.1. The van der Waals surface area contributed by atoms with Crippen molar-refractivity contribution >= 4 is 35.0 Å². The Morgan fingerprint density at radius 1 is 1.16 bits per heavy atom. The highest BCUT2D eigenvalue weighted by atomic mass is 35.5. The van der Waals surface area contributed by atoms with Gasteiger partial charge in [0.05, 0.1) is 23.4 Å². The van der Waals surface area contributed by atoms with E-state index in [-0.39, 0.29) is 23.7 Å². The Hall–Kier alpha value is -2.12. The molecule has 1 aromatic heterocycles. The van der Waals surface area contributed by atoms with Gasteiger partial charge in [0.15, 0.2) is 5.82 Å². The molecular weight excluding hydrogens is 432 g/mol. The van der Waals surface area contributed by atoms with Crippen molar-refractivity contribution in [3.8, 4) is 0 Å². The van der Waals surface area contributed by atoms with E-state index < -0.39 is 11.6 Å². The van der Waals surface area contributed by atoms with E-state index in [1.807, 2.05) is 52.0 Å². The predicted molar refractivity (Wildman–Crippen MR) is 124 cm³/mol. The summed E-state index contributed by atoms with van der Waals surface area (Å²) in [5.74, 6) is 1.29. The zero-order valence-corrected chi connectivity index (χ0v) is 20.2. The molecule has 0 N–H and O–H groups in total. The molecule has 0 amide bonds. The van der Waals surface area contributed by atoms with Crippen LogP contribution in [0.2, 0.25) is 5.02 Å². The minimum Gasteiger partial charge on any atom is -0.460 e. The molecule has 0 saturated heterocycles. The second kappa shape index (κ2) is 8.10. The van der Waals surface area contributed by atoms with Gasteiger partial charge in [0.2, 0.25) is 0 Å². The molecule has 4 rings (SSSR count). The lowest BCUT2D eigenvalue weighted by molar-refractivity contribution is -0.155. The SMILES string of the molecule is CC1=C(C)C2C(c3ccc(Cl)cc3)=NC(CC(=O)OC(C)(C)C)c3nnc(C)n3C2S1. The largest absolute Gasteiger partial charge is 0.460 e. The average molecular weight is 459 g/mol. The minimum absolute atomic E-state index is 0.0584. The third kappa shape index (κ3) is 4.30. The number of halogens is 1. The Kier molecular flexibility index (Phi) is 5.77. The summed E-state index contributed by atoms with van der Waals surface area (Å²) in [6, 6.07) is 7.27. The number of allylic oxidation sites excluding steroid dienone is 2. The number of thioether (sulfide) groups is 1. The summed E-state index contributed by atoms with van der Waals surface area (Å²) in [4.78, 5) is 19.1. The first-order valence-electron chi connectivity index (χ1n) is 10.4. The van der Waals surface area contributed by atoms with Crippen LogP contribution in [0.15, 0.2) is 39.7 Å². The Morgan fingerprint density at radius 2 is 1.84 bits per heavy atom. The van der Waals surface area contributed by atoms with Gasteiger partial charge in [0.1, 0.15) is 17.5 Å². The molecule has 0 aliphatic carbocycles. The third-order valence-corrected chi connectivity index (χ3v) is 7.21. The summed E-state index contributed by atoms with van der Waals surface area (Å²) in [6.45, 7) is 11.9. The van der Waals surface area contributed by atoms with E-state index >= 15 is 0 Å². The van der Waals surface area contributed by atoms with E-state index in [9.17, 15) is 4.79 Å². The van der Waals surface area contributed by atoms with Gasteiger partial charge in [0, 0.05) is 5.02 Å². The molecule has 3 heterocycles. The predicted octanol–water partition coefficient (Wildman–Crippen LogP) is 5.67. The molecular formula is C23H27ClN4O2S. The smallest absolute Gasteiger partial charge is 0.308 e. The number of fused-ring (bicyclic) bond motifs is 3. The summed E-state index contributed by atoms with van der Waals surface area (Å²) < 4.78 is 7.74. The zero-order chi connectivity index (χ0) is 22.5. The normalized spacial score (nSPS) is 23.2. The van der Waals surface area contributed by atoms with Gasteiger partial charge in [0.25, 0.3) is 0 Å². The number of aromatic nitrogens is 3. The van der Waals surface area contributed by atoms with E-state index in [0.717, 1.165) is 17.1 Å². The van der Waals surface area contributed by atoms with Gasteiger partial charge < -0.3 is 4.74 Å². The number of hydrogen-bond acceptors (Lipinski definition) is 6. The average Bonchev–Trinajstić information content (AvgIpc) is 3.14. The molecule has 1 aromatic carbocycles. The van der Waals surface area contributed by atoms with Gasteiger partial charge in [-0.2, -0.15) is 0 Å². The number of esters is 1. The summed E-state index contributed by atoms with van der Waals surface area (Å²) in [6.07, 6.45) is 0.109. The van der Waals surface area contributed by atoms with E-state index in [2.05, 4.69) is 28.6 Å². The van der Waals surface area contributed by atoms with Gasteiger partial charge in [-0.3, -0.25) is 14.4 Å². The molecule has 0 spiro atoms. The maximum Gasteiger partial charge on any atom is 0.308 e. The summed E-state index contributed by atoms with van der Waals surface area (Å²) in [7, 11) is 0. The van der Waals surface area contributed by atoms with Crippen molar-refractivity contribution in [2.45, 2.75) is 65.0 Å². The highest BCUT2D eigenvalue weighted by molar-refractivity contribution is 8.03. The van der Waals surface area contributed by atoms with Crippen LogP contribution in [0.4, 0.5) is 0 Å². The van der Waals surface area contributed by atoms with Gasteiger partial charge >= 0.3 is 5.97 Å². The van der Waals surface area contributed by atoms with Crippen molar-refractivity contribution in [3.05, 3.63) is 57.0 Å². The molecule has 8 heteroatoms. The quantitative estimate of drug-likeness (QED) is 0.554. The van der Waals surface area contributed by atoms with E-state index in [1.165, 1.54) is 10.5 Å². The second-order valence-corrected chi connectivity index (χ2v) is 10.8. The number of aliphatic imine (C=N–C) groups is 1. The van der Waals surface area contributed by atoms with Crippen molar-refractivity contribution in [3.63, 3.8) is 0 Å². The number of benzene rings is 1. The Bertz CT molecular complexity index is 1080. The minimum atomic E-state index is -0.559. The third-order valence-electron chi connectivity index (χ3n) is 5.56. The molecule has 3 atom stereocenters. The van der Waals surface area contributed by atoms with E-state index in [4.69, 9.17) is 21.3 Å². The molecule has 3 unspecified atom stereocenters. The first-order chi connectivity index (χ1) is 14.5. The number of hydrogen-bond donors (Lipinski definition) is 0. The topological polar surface area (TPSA) is 69.4 Å². The fourth-order valence-electron chi connectivity index (χ4n) is 4.10. The highest BCUT2D eigenvalue weighted by Crippen LogP contribution is 2.52. The van der Waals surface area contributed by atoms with Gasteiger partial charge in [-0.1, -0.05) is 29.3 Å². The second-order valence-electron chi connectivity index (χ2n) is 9.03. The van der Waals surface area contributed by atoms with Crippen LogP contribution in [-0.2, 0) is 9.53 Å². The molecule has 0 bridgehead atoms. The van der Waals surface area contributed by atoms with Crippen LogP contribution in [0.3, 0.4) is 0 Å². The van der Waals surface area contributed by atoms with E-state index in [1.54, 1.807) is 11.8 Å². The number of ether oxygens (including phenoxy) is 1. The zero-order valence-electron chi connectivity index (χ0n) is 18.6. The molecule has 0 radical (unpaired) electrons. The standard InChI is InChI=1S/C23H27ClN4O2S/c1-12-13(2)31-22-19(12)20(15-7-9-16(24)10-8-15)25-17(11-18(29)30-23(4,5)6)21-27-26-14(3)28(21)22/h7-10,17,19,22H,11H2,1-6H3. The number of rotatable bonds is 3. The van der Waals surface area contributed by atoms with Crippen LogP contribution in [0.5, 0.6) is 0 Å². The molecule has 31 heavy (non-hydrogen) atoms. The fraction of sp³-hybridized carbons (Fsp3) is 0.478. The van der Waals surface area contributed by atoms with Crippen LogP contribution in [0, 0.1) is 12.8 Å². The Labute approximate surface area is 192 Å². The monoisotopic (exact) mass is 458 g/mol. The van der Waals surface area contributed by atoms with Crippen molar-refractivity contribution in [1.82, 2.24) is 14.8 Å². The fourth-order valence-corrected chi connectivity index (χ4v) is 5.74. The van der Waals surface area contributed by atoms with Gasteiger partial charge in [-0.15, -0.1) is 22.0 Å². The molecule has 164 valence electrons. The van der Waals surface area contributed by atoms with Crippen LogP contribution in [0.1, 0.15) is 69.7 Å².